The first-order valence-corrected chi connectivity index (χ1v) is 10.3. The van der Waals surface area contributed by atoms with Crippen LogP contribution in [0.3, 0.4) is 0 Å². The summed E-state index contributed by atoms with van der Waals surface area (Å²) in [5.41, 5.74) is 1.48. The standard InChI is InChI=1S/C24H31FN2O4/c1-16(2)14-26-24(29)17(3)27(15-18-6-9-20(25)10-7-18)23(28)13-19-8-11-21(30-4)22(12-19)31-5/h6-12,16-17H,13-15H2,1-5H3,(H,26,29)/t17-/m0/s1. The lowest BCUT2D eigenvalue weighted by Crippen LogP contribution is -2.48. The van der Waals surface area contributed by atoms with Crippen molar-refractivity contribution in [2.45, 2.75) is 39.8 Å². The molecule has 168 valence electrons. The molecule has 0 saturated heterocycles. The third-order valence-corrected chi connectivity index (χ3v) is 4.92. The summed E-state index contributed by atoms with van der Waals surface area (Å²) >= 11 is 0. The van der Waals surface area contributed by atoms with E-state index in [4.69, 9.17) is 9.47 Å². The Balaban J connectivity index is 2.24. The molecule has 2 aromatic carbocycles. The van der Waals surface area contributed by atoms with Crippen molar-refractivity contribution in [3.8, 4) is 11.5 Å². The summed E-state index contributed by atoms with van der Waals surface area (Å²) in [6.07, 6.45) is 0.0867. The van der Waals surface area contributed by atoms with E-state index >= 15 is 0 Å². The van der Waals surface area contributed by atoms with E-state index in [9.17, 15) is 14.0 Å². The molecule has 2 amide bonds. The molecular formula is C24H31FN2O4. The van der Waals surface area contributed by atoms with Crippen LogP contribution in [0.5, 0.6) is 11.5 Å². The van der Waals surface area contributed by atoms with Gasteiger partial charge in [0, 0.05) is 13.1 Å². The highest BCUT2D eigenvalue weighted by Crippen LogP contribution is 2.28. The Hall–Kier alpha value is -3.09. The van der Waals surface area contributed by atoms with E-state index in [0.29, 0.717) is 24.0 Å². The number of benzene rings is 2. The van der Waals surface area contributed by atoms with Crippen LogP contribution < -0.4 is 14.8 Å². The van der Waals surface area contributed by atoms with Gasteiger partial charge in [0.25, 0.3) is 0 Å². The lowest BCUT2D eigenvalue weighted by Gasteiger charge is -2.29. The first kappa shape index (κ1) is 24.2. The summed E-state index contributed by atoms with van der Waals surface area (Å²) < 4.78 is 23.9. The number of rotatable bonds is 10. The largest absolute Gasteiger partial charge is 0.493 e. The van der Waals surface area contributed by atoms with E-state index in [1.165, 1.54) is 24.1 Å². The zero-order valence-electron chi connectivity index (χ0n) is 18.8. The zero-order valence-corrected chi connectivity index (χ0v) is 18.8. The minimum atomic E-state index is -0.684. The highest BCUT2D eigenvalue weighted by atomic mass is 19.1. The quantitative estimate of drug-likeness (QED) is 0.626. The van der Waals surface area contributed by atoms with Crippen molar-refractivity contribution in [1.29, 1.82) is 0 Å². The van der Waals surface area contributed by atoms with E-state index in [2.05, 4.69) is 5.32 Å². The van der Waals surface area contributed by atoms with Gasteiger partial charge in [-0.2, -0.15) is 0 Å². The summed E-state index contributed by atoms with van der Waals surface area (Å²) in [4.78, 5) is 27.4. The van der Waals surface area contributed by atoms with Crippen molar-refractivity contribution in [1.82, 2.24) is 10.2 Å². The van der Waals surface area contributed by atoms with Crippen LogP contribution in [0, 0.1) is 11.7 Å². The van der Waals surface area contributed by atoms with Crippen LogP contribution in [0.15, 0.2) is 42.5 Å². The van der Waals surface area contributed by atoms with Gasteiger partial charge in [-0.3, -0.25) is 9.59 Å². The fourth-order valence-electron chi connectivity index (χ4n) is 3.09. The van der Waals surface area contributed by atoms with Crippen LogP contribution in [-0.4, -0.2) is 43.5 Å². The second-order valence-electron chi connectivity index (χ2n) is 7.83. The lowest BCUT2D eigenvalue weighted by molar-refractivity contribution is -0.140. The van der Waals surface area contributed by atoms with Gasteiger partial charge >= 0.3 is 0 Å². The maximum Gasteiger partial charge on any atom is 0.242 e. The summed E-state index contributed by atoms with van der Waals surface area (Å²) in [6.45, 7) is 6.43. The Bertz CT molecular complexity index is 884. The molecule has 1 N–H and O–H groups in total. The Morgan fingerprint density at radius 3 is 2.16 bits per heavy atom. The molecule has 1 atom stereocenters. The monoisotopic (exact) mass is 430 g/mol. The first-order chi connectivity index (χ1) is 14.7. The maximum absolute atomic E-state index is 13.3. The van der Waals surface area contributed by atoms with Crippen LogP contribution in [0.1, 0.15) is 31.9 Å². The minimum absolute atomic E-state index is 0.0867. The van der Waals surface area contributed by atoms with Gasteiger partial charge in [-0.1, -0.05) is 32.0 Å². The Morgan fingerprint density at radius 2 is 1.58 bits per heavy atom. The average Bonchev–Trinajstić information content (AvgIpc) is 2.76. The number of halogens is 1. The Morgan fingerprint density at radius 1 is 0.968 bits per heavy atom. The fourth-order valence-corrected chi connectivity index (χ4v) is 3.09. The van der Waals surface area contributed by atoms with E-state index in [1.54, 1.807) is 44.4 Å². The topological polar surface area (TPSA) is 67.9 Å². The van der Waals surface area contributed by atoms with Gasteiger partial charge < -0.3 is 19.7 Å². The molecule has 0 aliphatic rings. The number of methoxy groups -OCH3 is 2. The van der Waals surface area contributed by atoms with E-state index in [-0.39, 0.29) is 30.6 Å². The molecular weight excluding hydrogens is 399 g/mol. The number of nitrogens with one attached hydrogen (secondary N) is 1. The average molecular weight is 431 g/mol. The predicted molar refractivity (Wildman–Crippen MR) is 118 cm³/mol. The van der Waals surface area contributed by atoms with Gasteiger partial charge in [-0.25, -0.2) is 4.39 Å². The van der Waals surface area contributed by atoms with Crippen LogP contribution in [0.25, 0.3) is 0 Å². The van der Waals surface area contributed by atoms with Crippen molar-refractivity contribution in [2.24, 2.45) is 5.92 Å². The smallest absolute Gasteiger partial charge is 0.242 e. The van der Waals surface area contributed by atoms with Crippen LogP contribution in [0.4, 0.5) is 4.39 Å². The normalized spacial score (nSPS) is 11.7. The number of amides is 2. The van der Waals surface area contributed by atoms with Crippen molar-refractivity contribution in [3.05, 3.63) is 59.4 Å². The van der Waals surface area contributed by atoms with Crippen molar-refractivity contribution >= 4 is 11.8 Å². The number of carbonyl (C=O) groups excluding carboxylic acids is 2. The number of nitrogens with zero attached hydrogens (tertiary/aromatic N) is 1. The molecule has 0 unspecified atom stereocenters. The van der Waals surface area contributed by atoms with Gasteiger partial charge in [0.2, 0.25) is 11.8 Å². The predicted octanol–water partition coefficient (Wildman–Crippen LogP) is 3.57. The molecule has 2 aromatic rings. The molecule has 0 fully saturated rings. The summed E-state index contributed by atoms with van der Waals surface area (Å²) in [6, 6.07) is 10.5. The molecule has 0 heterocycles. The number of ether oxygens (including phenoxy) is 2. The highest BCUT2D eigenvalue weighted by molar-refractivity contribution is 5.88. The van der Waals surface area contributed by atoms with E-state index < -0.39 is 6.04 Å². The summed E-state index contributed by atoms with van der Waals surface area (Å²) in [7, 11) is 3.08. The Kier molecular flexibility index (Phi) is 8.85. The first-order valence-electron chi connectivity index (χ1n) is 10.3. The van der Waals surface area contributed by atoms with E-state index in [1.807, 2.05) is 13.8 Å². The number of carbonyl (C=O) groups is 2. The lowest BCUT2D eigenvalue weighted by atomic mass is 10.1. The van der Waals surface area contributed by atoms with Crippen molar-refractivity contribution in [2.75, 3.05) is 20.8 Å². The fraction of sp³-hybridized carbons (Fsp3) is 0.417. The molecule has 2 rings (SSSR count). The third kappa shape index (κ3) is 6.98. The van der Waals surface area contributed by atoms with Crippen molar-refractivity contribution < 1.29 is 23.5 Å². The number of hydrogen-bond acceptors (Lipinski definition) is 4. The third-order valence-electron chi connectivity index (χ3n) is 4.92. The van der Waals surface area contributed by atoms with Gasteiger partial charge in [-0.15, -0.1) is 0 Å². The van der Waals surface area contributed by atoms with E-state index in [0.717, 1.165) is 11.1 Å². The maximum atomic E-state index is 13.3. The van der Waals surface area contributed by atoms with Crippen LogP contribution in [0.2, 0.25) is 0 Å². The molecule has 0 aliphatic carbocycles. The molecule has 6 nitrogen and oxygen atoms in total. The van der Waals surface area contributed by atoms with Gasteiger partial charge in [0.15, 0.2) is 11.5 Å². The summed E-state index contributed by atoms with van der Waals surface area (Å²) in [5, 5.41) is 2.88. The SMILES string of the molecule is COc1ccc(CC(=O)N(Cc2ccc(F)cc2)[C@@H](C)C(=O)NCC(C)C)cc1OC. The molecule has 0 bridgehead atoms. The van der Waals surface area contributed by atoms with Gasteiger partial charge in [0.05, 0.1) is 20.6 Å². The number of hydrogen-bond donors (Lipinski definition) is 1. The second-order valence-corrected chi connectivity index (χ2v) is 7.83. The minimum Gasteiger partial charge on any atom is -0.493 e. The molecule has 0 spiro atoms. The highest BCUT2D eigenvalue weighted by Gasteiger charge is 2.26. The molecule has 0 aromatic heterocycles. The summed E-state index contributed by atoms with van der Waals surface area (Å²) in [5.74, 6) is 0.600. The molecule has 0 aliphatic heterocycles. The van der Waals surface area contributed by atoms with Crippen LogP contribution >= 0.6 is 0 Å². The van der Waals surface area contributed by atoms with Crippen molar-refractivity contribution in [3.63, 3.8) is 0 Å². The van der Waals surface area contributed by atoms with Gasteiger partial charge in [-0.05, 0) is 48.2 Å². The Labute approximate surface area is 183 Å². The molecule has 7 heteroatoms. The van der Waals surface area contributed by atoms with Crippen LogP contribution in [-0.2, 0) is 22.6 Å². The molecule has 0 saturated carbocycles. The molecule has 0 radical (unpaired) electrons. The van der Waals surface area contributed by atoms with Gasteiger partial charge in [0.1, 0.15) is 11.9 Å². The second kappa shape index (κ2) is 11.3. The molecule has 31 heavy (non-hydrogen) atoms. The zero-order chi connectivity index (χ0) is 23.0.